The van der Waals surface area contributed by atoms with Crippen LogP contribution in [0.25, 0.3) is 0 Å². The fraction of sp³-hybridized carbons (Fsp3) is 0.952. The summed E-state index contributed by atoms with van der Waals surface area (Å²) in [7, 11) is -1.54. The van der Waals surface area contributed by atoms with Gasteiger partial charge in [-0.2, -0.15) is 0 Å². The molecule has 0 aliphatic heterocycles. The van der Waals surface area contributed by atoms with Gasteiger partial charge in [0.05, 0.1) is 6.61 Å². The minimum Gasteiger partial charge on any atom is -0.447 e. The minimum atomic E-state index is -0.965. The molecule has 184 valence electrons. The Hall–Kier alpha value is 0.200. The zero-order valence-corrected chi connectivity index (χ0v) is 23.1. The van der Waals surface area contributed by atoms with Crippen LogP contribution in [0.1, 0.15) is 40.5 Å². The van der Waals surface area contributed by atoms with E-state index in [-0.39, 0.29) is 18.1 Å². The molecule has 2 N–H and O–H groups in total. The molecule has 0 heterocycles. The van der Waals surface area contributed by atoms with E-state index in [0.29, 0.717) is 18.4 Å². The summed E-state index contributed by atoms with van der Waals surface area (Å²) in [6.45, 7) is 10.1. The van der Waals surface area contributed by atoms with Gasteiger partial charge in [0.25, 0.3) is 0 Å². The molecule has 0 aromatic heterocycles. The van der Waals surface area contributed by atoms with Crippen LogP contribution in [0.2, 0.25) is 0 Å². The summed E-state index contributed by atoms with van der Waals surface area (Å²) in [6.07, 6.45) is 11.7. The van der Waals surface area contributed by atoms with Gasteiger partial charge < -0.3 is 24.1 Å². The first kappa shape index (κ1) is 30.2. The number of nitrogens with one attached hydrogen (secondary N) is 1. The molecular formula is C21H47NO5S3. The van der Waals surface area contributed by atoms with E-state index in [1.807, 2.05) is 6.26 Å². The van der Waals surface area contributed by atoms with E-state index in [2.05, 4.69) is 58.0 Å². The second-order valence-electron chi connectivity index (χ2n) is 9.23. The summed E-state index contributed by atoms with van der Waals surface area (Å²) >= 11 is 1.40. The van der Waals surface area contributed by atoms with Crippen LogP contribution in [0, 0.1) is 0 Å². The molecule has 1 amide bonds. The first-order valence-corrected chi connectivity index (χ1v) is 17.0. The monoisotopic (exact) mass is 489 g/mol. The zero-order chi connectivity index (χ0) is 23.4. The third-order valence-corrected chi connectivity index (χ3v) is 14.3. The summed E-state index contributed by atoms with van der Waals surface area (Å²) in [5.74, 6) is 2.16. The van der Waals surface area contributed by atoms with Crippen LogP contribution in [0.15, 0.2) is 0 Å². The fourth-order valence-electron chi connectivity index (χ4n) is 2.42. The van der Waals surface area contributed by atoms with Crippen molar-refractivity contribution in [1.29, 1.82) is 0 Å². The van der Waals surface area contributed by atoms with Crippen molar-refractivity contribution < 1.29 is 23.6 Å². The van der Waals surface area contributed by atoms with Crippen LogP contribution in [0.4, 0.5) is 4.79 Å². The normalized spacial score (nSPS) is 15.2. The van der Waals surface area contributed by atoms with Gasteiger partial charge in [0.15, 0.2) is 0 Å². The first-order chi connectivity index (χ1) is 13.7. The Morgan fingerprint density at radius 2 is 1.73 bits per heavy atom. The Kier molecular flexibility index (Phi) is 14.5. The first-order valence-electron chi connectivity index (χ1n) is 10.5. The number of aliphatic hydroxyl groups is 1. The van der Waals surface area contributed by atoms with Crippen LogP contribution in [-0.2, 0) is 13.7 Å². The third-order valence-electron chi connectivity index (χ3n) is 5.67. The van der Waals surface area contributed by atoms with Gasteiger partial charge in [0.2, 0.25) is 0 Å². The lowest BCUT2D eigenvalue weighted by Crippen LogP contribution is -2.33. The molecular weight excluding hydrogens is 442 g/mol. The van der Waals surface area contributed by atoms with Crippen LogP contribution in [0.3, 0.4) is 0 Å². The lowest BCUT2D eigenvalue weighted by atomic mass is 10.4. The summed E-state index contributed by atoms with van der Waals surface area (Å²) in [6, 6.07) is 0. The second-order valence-corrected chi connectivity index (χ2v) is 18.8. The molecule has 0 radical (unpaired) electrons. The van der Waals surface area contributed by atoms with Crippen molar-refractivity contribution in [3.8, 4) is 0 Å². The molecule has 30 heavy (non-hydrogen) atoms. The van der Waals surface area contributed by atoms with Gasteiger partial charge in [-0.25, -0.2) is 24.9 Å². The standard InChI is InChI=1S/C21H47NO5S3/c1-18(2)29(6,7)14-11-13-25-16-19(23)17-26-20(24)22-12-10-15-30(8,9)21(3,4)27-28-5/h18-19,23H,10-17H2,1-9H3,(H,22,24). The highest BCUT2D eigenvalue weighted by Gasteiger charge is 2.33. The molecule has 0 bridgehead atoms. The molecule has 0 rings (SSSR count). The van der Waals surface area contributed by atoms with E-state index in [0.717, 1.165) is 18.6 Å². The van der Waals surface area contributed by atoms with Crippen molar-refractivity contribution in [2.75, 3.05) is 69.1 Å². The molecule has 0 aromatic carbocycles. The SMILES string of the molecule is CSOC(C)(C)S(C)(C)CCCNC(=O)OCC(O)COCCCS(C)(C)C(C)C. The number of ether oxygens (including phenoxy) is 2. The van der Waals surface area contributed by atoms with Crippen molar-refractivity contribution in [2.45, 2.75) is 56.8 Å². The highest BCUT2D eigenvalue weighted by molar-refractivity contribution is 8.33. The van der Waals surface area contributed by atoms with Crippen molar-refractivity contribution in [1.82, 2.24) is 5.32 Å². The number of alkyl carbamates (subject to hydrolysis) is 1. The van der Waals surface area contributed by atoms with Crippen LogP contribution in [-0.4, -0.2) is 96.6 Å². The molecule has 0 saturated carbocycles. The van der Waals surface area contributed by atoms with E-state index in [1.54, 1.807) is 0 Å². The topological polar surface area (TPSA) is 77.0 Å². The average molecular weight is 490 g/mol. The van der Waals surface area contributed by atoms with E-state index in [4.69, 9.17) is 13.7 Å². The number of aliphatic hydroxyl groups excluding tert-OH is 1. The third kappa shape index (κ3) is 12.3. The van der Waals surface area contributed by atoms with E-state index < -0.39 is 32.3 Å². The number of rotatable bonds is 16. The van der Waals surface area contributed by atoms with Gasteiger partial charge in [-0.1, -0.05) is 13.8 Å². The fourth-order valence-corrected chi connectivity index (χ4v) is 6.45. The summed E-state index contributed by atoms with van der Waals surface area (Å²) in [4.78, 5) is 11.6. The Bertz CT molecular complexity index is 487. The number of carbonyl (C=O) groups excluding carboxylic acids is 1. The van der Waals surface area contributed by atoms with E-state index >= 15 is 0 Å². The van der Waals surface area contributed by atoms with Gasteiger partial charge in [0, 0.05) is 19.4 Å². The Labute approximate surface area is 192 Å². The number of hydrogen-bond acceptors (Lipinski definition) is 6. The lowest BCUT2D eigenvalue weighted by Gasteiger charge is -2.45. The molecule has 6 nitrogen and oxygen atoms in total. The van der Waals surface area contributed by atoms with Crippen molar-refractivity contribution in [2.24, 2.45) is 0 Å². The number of hydrogen-bond donors (Lipinski definition) is 2. The van der Waals surface area contributed by atoms with Crippen LogP contribution < -0.4 is 5.32 Å². The smallest absolute Gasteiger partial charge is 0.407 e. The van der Waals surface area contributed by atoms with Crippen molar-refractivity contribution in [3.63, 3.8) is 0 Å². The summed E-state index contributed by atoms with van der Waals surface area (Å²) in [5.41, 5.74) is 0. The lowest BCUT2D eigenvalue weighted by molar-refractivity contribution is 0.000440. The maximum absolute atomic E-state index is 11.8. The van der Waals surface area contributed by atoms with E-state index in [1.165, 1.54) is 17.8 Å². The minimum absolute atomic E-state index is 0.0556. The number of carbonyl (C=O) groups is 1. The van der Waals surface area contributed by atoms with Crippen molar-refractivity contribution in [3.05, 3.63) is 0 Å². The van der Waals surface area contributed by atoms with Gasteiger partial charge >= 0.3 is 6.09 Å². The van der Waals surface area contributed by atoms with Gasteiger partial charge in [0.1, 0.15) is 17.6 Å². The maximum Gasteiger partial charge on any atom is 0.407 e. The largest absolute Gasteiger partial charge is 0.447 e. The average Bonchev–Trinajstić information content (AvgIpc) is 2.62. The molecule has 0 spiro atoms. The van der Waals surface area contributed by atoms with Crippen LogP contribution in [0.5, 0.6) is 0 Å². The molecule has 1 atom stereocenters. The second kappa shape index (κ2) is 14.4. The maximum atomic E-state index is 11.8. The quantitative estimate of drug-likeness (QED) is 0.247. The summed E-state index contributed by atoms with van der Waals surface area (Å²) < 4.78 is 16.4. The summed E-state index contributed by atoms with van der Waals surface area (Å²) in [5, 5.41) is 13.4. The zero-order valence-electron chi connectivity index (χ0n) is 20.6. The molecule has 1 unspecified atom stereocenters. The predicted octanol–water partition coefficient (Wildman–Crippen LogP) is 4.44. The Morgan fingerprint density at radius 3 is 2.30 bits per heavy atom. The van der Waals surface area contributed by atoms with Gasteiger partial charge in [-0.3, -0.25) is 0 Å². The molecule has 0 aliphatic rings. The molecule has 0 fully saturated rings. The van der Waals surface area contributed by atoms with Gasteiger partial charge in [-0.05, 0) is 80.5 Å². The highest BCUT2D eigenvalue weighted by Crippen LogP contribution is 2.55. The Morgan fingerprint density at radius 1 is 1.10 bits per heavy atom. The molecule has 0 saturated heterocycles. The van der Waals surface area contributed by atoms with Crippen molar-refractivity contribution >= 4 is 38.2 Å². The number of amides is 1. The van der Waals surface area contributed by atoms with E-state index in [9.17, 15) is 9.90 Å². The predicted molar refractivity (Wildman–Crippen MR) is 138 cm³/mol. The van der Waals surface area contributed by atoms with Gasteiger partial charge in [-0.15, -0.1) is 0 Å². The molecule has 9 heteroatoms. The molecule has 0 aliphatic carbocycles. The molecule has 0 aromatic rings. The Balaban J connectivity index is 3.89. The highest BCUT2D eigenvalue weighted by atomic mass is 32.3. The van der Waals surface area contributed by atoms with Crippen LogP contribution >= 0.6 is 32.1 Å².